The predicted molar refractivity (Wildman–Crippen MR) is 59.9 cm³/mol. The van der Waals surface area contributed by atoms with Crippen molar-refractivity contribution in [2.24, 2.45) is 5.41 Å². The highest BCUT2D eigenvalue weighted by atomic mass is 32.2. The van der Waals surface area contributed by atoms with Gasteiger partial charge in [0.2, 0.25) is 0 Å². The van der Waals surface area contributed by atoms with E-state index in [1.807, 2.05) is 41.5 Å². The summed E-state index contributed by atoms with van der Waals surface area (Å²) >= 11 is 0. The van der Waals surface area contributed by atoms with E-state index < -0.39 is 11.0 Å². The Labute approximate surface area is 89.5 Å². The van der Waals surface area contributed by atoms with Gasteiger partial charge < -0.3 is 0 Å². The summed E-state index contributed by atoms with van der Waals surface area (Å²) in [6, 6.07) is 1.75. The molecule has 0 aromatic carbocycles. The Kier molecular flexibility index (Phi) is 4.29. The monoisotopic (exact) mass is 216 g/mol. The first-order valence-electron chi connectivity index (χ1n) is 4.66. The summed E-state index contributed by atoms with van der Waals surface area (Å²) in [5, 5.41) is 8.93. The van der Waals surface area contributed by atoms with E-state index in [9.17, 15) is 4.21 Å². The minimum Gasteiger partial charge on any atom is -0.242 e. The van der Waals surface area contributed by atoms with E-state index >= 15 is 0 Å². The fourth-order valence-electron chi connectivity index (χ4n) is 0.681. The predicted octanol–water partition coefficient (Wildman–Crippen LogP) is 1.98. The molecule has 0 aromatic rings. The number of rotatable bonds is 2. The van der Waals surface area contributed by atoms with Crippen LogP contribution in [0.15, 0.2) is 0 Å². The average Bonchev–Trinajstić information content (AvgIpc) is 1.95. The van der Waals surface area contributed by atoms with Crippen LogP contribution in [-0.2, 0) is 11.0 Å². The molecule has 82 valence electrons. The van der Waals surface area contributed by atoms with E-state index in [1.165, 1.54) is 0 Å². The van der Waals surface area contributed by atoms with Crippen LogP contribution in [0.3, 0.4) is 0 Å². The lowest BCUT2D eigenvalue weighted by Crippen LogP contribution is -2.45. The zero-order valence-electron chi connectivity index (χ0n) is 9.84. The van der Waals surface area contributed by atoms with Gasteiger partial charge in [0.1, 0.15) is 6.04 Å². The highest BCUT2D eigenvalue weighted by Crippen LogP contribution is 2.20. The molecule has 0 heterocycles. The third kappa shape index (κ3) is 4.21. The summed E-state index contributed by atoms with van der Waals surface area (Å²) in [6.07, 6.45) is 0. The van der Waals surface area contributed by atoms with Gasteiger partial charge in [-0.05, 0) is 26.2 Å². The second kappa shape index (κ2) is 4.41. The highest BCUT2D eigenvalue weighted by Gasteiger charge is 2.29. The molecule has 0 bridgehead atoms. The molecule has 1 N–H and O–H groups in total. The molecule has 14 heavy (non-hydrogen) atoms. The quantitative estimate of drug-likeness (QED) is 0.767. The van der Waals surface area contributed by atoms with Crippen LogP contribution in [0.5, 0.6) is 0 Å². The lowest BCUT2D eigenvalue weighted by atomic mass is 9.88. The summed E-state index contributed by atoms with van der Waals surface area (Å²) in [5.74, 6) is 0. The van der Waals surface area contributed by atoms with Gasteiger partial charge in [-0.15, -0.1) is 0 Å². The molecule has 0 aromatic heterocycles. The Morgan fingerprint density at radius 2 is 1.64 bits per heavy atom. The van der Waals surface area contributed by atoms with Gasteiger partial charge in [0.15, 0.2) is 0 Å². The van der Waals surface area contributed by atoms with E-state index in [1.54, 1.807) is 0 Å². The standard InChI is InChI=1S/C10H20N2OS/c1-9(2,3)8(7-11)12-14(13)10(4,5)6/h8,12H,1-6H3/t8-,14+/m1/s1. The Balaban J connectivity index is 4.53. The lowest BCUT2D eigenvalue weighted by Gasteiger charge is -2.28. The summed E-state index contributed by atoms with van der Waals surface area (Å²) in [7, 11) is -1.19. The molecule has 0 unspecified atom stereocenters. The molecule has 4 heteroatoms. The van der Waals surface area contributed by atoms with Gasteiger partial charge in [-0.25, -0.2) is 8.93 Å². The fraction of sp³-hybridized carbons (Fsp3) is 0.900. The van der Waals surface area contributed by atoms with Crippen molar-refractivity contribution in [3.63, 3.8) is 0 Å². The molecular weight excluding hydrogens is 196 g/mol. The SMILES string of the molecule is CC(C)(C)[C@@H](C#N)N[S@@](=O)C(C)(C)C. The van der Waals surface area contributed by atoms with Crippen molar-refractivity contribution in [2.45, 2.75) is 52.3 Å². The Morgan fingerprint density at radius 3 is 1.86 bits per heavy atom. The van der Waals surface area contributed by atoms with Crippen LogP contribution in [0.25, 0.3) is 0 Å². The zero-order valence-corrected chi connectivity index (χ0v) is 10.7. The lowest BCUT2D eigenvalue weighted by molar-refractivity contribution is 0.353. The second-order valence-corrected chi connectivity index (χ2v) is 7.42. The van der Waals surface area contributed by atoms with E-state index in [0.717, 1.165) is 0 Å². The summed E-state index contributed by atoms with van der Waals surface area (Å²) in [5.41, 5.74) is -0.199. The first-order valence-corrected chi connectivity index (χ1v) is 5.81. The maximum Gasteiger partial charge on any atom is 0.111 e. The summed E-state index contributed by atoms with van der Waals surface area (Å²) in [4.78, 5) is 0. The van der Waals surface area contributed by atoms with Crippen molar-refractivity contribution in [1.29, 1.82) is 5.26 Å². The van der Waals surface area contributed by atoms with Crippen LogP contribution in [-0.4, -0.2) is 15.0 Å². The molecule has 0 spiro atoms. The van der Waals surface area contributed by atoms with Gasteiger partial charge in [-0.3, -0.25) is 0 Å². The van der Waals surface area contributed by atoms with Gasteiger partial charge in [-0.2, -0.15) is 5.26 Å². The molecule has 0 aliphatic heterocycles. The number of hydrogen-bond donors (Lipinski definition) is 1. The Bertz CT molecular complexity index is 255. The van der Waals surface area contributed by atoms with Crippen molar-refractivity contribution in [2.75, 3.05) is 0 Å². The first kappa shape index (κ1) is 13.6. The first-order chi connectivity index (χ1) is 6.09. The Hall–Kier alpha value is -0.400. The zero-order chi connectivity index (χ0) is 11.6. The normalized spacial score (nSPS) is 17.2. The molecule has 0 saturated heterocycles. The molecular formula is C10H20N2OS. The number of hydrogen-bond acceptors (Lipinski definition) is 2. The van der Waals surface area contributed by atoms with Gasteiger partial charge in [0.25, 0.3) is 0 Å². The smallest absolute Gasteiger partial charge is 0.111 e. The van der Waals surface area contributed by atoms with Gasteiger partial charge >= 0.3 is 0 Å². The van der Waals surface area contributed by atoms with Gasteiger partial charge in [0.05, 0.1) is 21.8 Å². The molecule has 2 atom stereocenters. The van der Waals surface area contributed by atoms with Crippen molar-refractivity contribution in [1.82, 2.24) is 4.72 Å². The molecule has 0 fully saturated rings. The molecule has 0 aliphatic rings. The number of nitriles is 1. The van der Waals surface area contributed by atoms with Crippen LogP contribution < -0.4 is 4.72 Å². The summed E-state index contributed by atoms with van der Waals surface area (Å²) in [6.45, 7) is 11.5. The van der Waals surface area contributed by atoms with Crippen LogP contribution in [0.1, 0.15) is 41.5 Å². The number of nitrogens with zero attached hydrogens (tertiary/aromatic N) is 1. The minimum atomic E-state index is -1.19. The maximum absolute atomic E-state index is 11.7. The van der Waals surface area contributed by atoms with Crippen molar-refractivity contribution < 1.29 is 4.21 Å². The van der Waals surface area contributed by atoms with Crippen molar-refractivity contribution >= 4 is 11.0 Å². The van der Waals surface area contributed by atoms with Crippen molar-refractivity contribution in [3.8, 4) is 6.07 Å². The molecule has 0 aliphatic carbocycles. The van der Waals surface area contributed by atoms with Crippen LogP contribution >= 0.6 is 0 Å². The van der Waals surface area contributed by atoms with E-state index in [2.05, 4.69) is 10.8 Å². The molecule has 0 amide bonds. The molecule has 0 radical (unpaired) electrons. The maximum atomic E-state index is 11.7. The number of nitrogens with one attached hydrogen (secondary N) is 1. The van der Waals surface area contributed by atoms with Gasteiger partial charge in [0, 0.05) is 0 Å². The van der Waals surface area contributed by atoms with Crippen LogP contribution in [0.4, 0.5) is 0 Å². The van der Waals surface area contributed by atoms with Crippen LogP contribution in [0, 0.1) is 16.7 Å². The molecule has 0 saturated carbocycles. The van der Waals surface area contributed by atoms with E-state index in [0.29, 0.717) is 0 Å². The average molecular weight is 216 g/mol. The summed E-state index contributed by atoms with van der Waals surface area (Å²) < 4.78 is 14.3. The fourth-order valence-corrected chi connectivity index (χ4v) is 1.65. The van der Waals surface area contributed by atoms with Crippen molar-refractivity contribution in [3.05, 3.63) is 0 Å². The molecule has 3 nitrogen and oxygen atoms in total. The van der Waals surface area contributed by atoms with Gasteiger partial charge in [-0.1, -0.05) is 20.8 Å². The second-order valence-electron chi connectivity index (χ2n) is 5.43. The third-order valence-electron chi connectivity index (χ3n) is 1.78. The van der Waals surface area contributed by atoms with E-state index in [-0.39, 0.29) is 16.2 Å². The molecule has 0 rings (SSSR count). The largest absolute Gasteiger partial charge is 0.242 e. The minimum absolute atomic E-state index is 0.199. The van der Waals surface area contributed by atoms with E-state index in [4.69, 9.17) is 5.26 Å². The van der Waals surface area contributed by atoms with Crippen LogP contribution in [0.2, 0.25) is 0 Å². The topological polar surface area (TPSA) is 52.9 Å². The highest BCUT2D eigenvalue weighted by molar-refractivity contribution is 7.84. The Morgan fingerprint density at radius 1 is 1.21 bits per heavy atom. The third-order valence-corrected chi connectivity index (χ3v) is 3.34.